The fraction of sp³-hybridized carbons (Fsp3) is 0.375. The summed E-state index contributed by atoms with van der Waals surface area (Å²) in [6.45, 7) is 2.93. The molecule has 1 aliphatic heterocycles. The summed E-state index contributed by atoms with van der Waals surface area (Å²) in [5.74, 6) is -2.19. The van der Waals surface area contributed by atoms with Gasteiger partial charge >= 0.3 is 5.97 Å². The highest BCUT2D eigenvalue weighted by Crippen LogP contribution is 2.18. The Kier molecular flexibility index (Phi) is 5.18. The molecule has 24 heavy (non-hydrogen) atoms. The molecule has 3 amide bonds. The SMILES string of the molecule is CC(C)N1C(=O)CC(NC(=O)c2cccc(OCC(=O)O)c2)C1=O. The number of carboxylic acid groups (broad SMARTS) is 1. The zero-order valence-electron chi connectivity index (χ0n) is 13.3. The Morgan fingerprint density at radius 3 is 2.67 bits per heavy atom. The van der Waals surface area contributed by atoms with Crippen molar-refractivity contribution in [2.45, 2.75) is 32.4 Å². The lowest BCUT2D eigenvalue weighted by atomic mass is 10.1. The molecular formula is C16H18N2O6. The van der Waals surface area contributed by atoms with Gasteiger partial charge in [-0.1, -0.05) is 6.07 Å². The first-order chi connectivity index (χ1) is 11.3. The number of likely N-dealkylation sites (tertiary alicyclic amines) is 1. The standard InChI is InChI=1S/C16H18N2O6/c1-9(2)18-13(19)7-12(16(18)23)17-15(22)10-4-3-5-11(6-10)24-8-14(20)21/h3-6,9,12H,7-8H2,1-2H3,(H,17,22)(H,20,21). The van der Waals surface area contributed by atoms with Crippen molar-refractivity contribution in [2.24, 2.45) is 0 Å². The van der Waals surface area contributed by atoms with E-state index in [0.717, 1.165) is 4.90 Å². The molecular weight excluding hydrogens is 316 g/mol. The van der Waals surface area contributed by atoms with E-state index in [1.54, 1.807) is 13.8 Å². The van der Waals surface area contributed by atoms with Gasteiger partial charge in [0.1, 0.15) is 11.8 Å². The number of nitrogens with one attached hydrogen (secondary N) is 1. The Balaban J connectivity index is 2.05. The van der Waals surface area contributed by atoms with E-state index in [1.807, 2.05) is 0 Å². The van der Waals surface area contributed by atoms with E-state index >= 15 is 0 Å². The van der Waals surface area contributed by atoms with Gasteiger partial charge in [0.25, 0.3) is 11.8 Å². The van der Waals surface area contributed by atoms with Gasteiger partial charge in [-0.15, -0.1) is 0 Å². The second-order valence-electron chi connectivity index (χ2n) is 5.64. The molecule has 1 fully saturated rings. The molecule has 2 N–H and O–H groups in total. The van der Waals surface area contributed by atoms with Gasteiger partial charge in [-0.2, -0.15) is 0 Å². The second kappa shape index (κ2) is 7.12. The van der Waals surface area contributed by atoms with Gasteiger partial charge in [-0.05, 0) is 32.0 Å². The largest absolute Gasteiger partial charge is 0.482 e. The maximum Gasteiger partial charge on any atom is 0.341 e. The predicted octanol–water partition coefficient (Wildman–Crippen LogP) is 0.416. The topological polar surface area (TPSA) is 113 Å². The van der Waals surface area contributed by atoms with Crippen molar-refractivity contribution in [1.29, 1.82) is 0 Å². The number of hydrogen-bond donors (Lipinski definition) is 2. The summed E-state index contributed by atoms with van der Waals surface area (Å²) in [6.07, 6.45) is -0.0715. The Morgan fingerprint density at radius 1 is 1.38 bits per heavy atom. The van der Waals surface area contributed by atoms with Gasteiger partial charge in [0.05, 0.1) is 6.42 Å². The van der Waals surface area contributed by atoms with Gasteiger partial charge < -0.3 is 15.2 Å². The molecule has 128 valence electrons. The molecule has 1 aromatic carbocycles. The second-order valence-corrected chi connectivity index (χ2v) is 5.64. The first-order valence-electron chi connectivity index (χ1n) is 7.41. The minimum Gasteiger partial charge on any atom is -0.482 e. The highest BCUT2D eigenvalue weighted by atomic mass is 16.5. The van der Waals surface area contributed by atoms with Gasteiger partial charge in [0, 0.05) is 11.6 Å². The van der Waals surface area contributed by atoms with Crippen LogP contribution in [0.5, 0.6) is 5.75 Å². The Hall–Kier alpha value is -2.90. The van der Waals surface area contributed by atoms with Crippen molar-refractivity contribution in [3.63, 3.8) is 0 Å². The minimum atomic E-state index is -1.13. The molecule has 8 nitrogen and oxygen atoms in total. The highest BCUT2D eigenvalue weighted by molar-refractivity contribution is 6.08. The summed E-state index contributed by atoms with van der Waals surface area (Å²) >= 11 is 0. The van der Waals surface area contributed by atoms with E-state index in [-0.39, 0.29) is 29.7 Å². The first-order valence-corrected chi connectivity index (χ1v) is 7.41. The lowest BCUT2D eigenvalue weighted by molar-refractivity contribution is -0.141. The average molecular weight is 334 g/mol. The lowest BCUT2D eigenvalue weighted by Gasteiger charge is -2.19. The van der Waals surface area contributed by atoms with Crippen LogP contribution in [0.15, 0.2) is 24.3 Å². The van der Waals surface area contributed by atoms with Gasteiger partial charge in [-0.25, -0.2) is 4.79 Å². The number of carbonyl (C=O) groups is 4. The van der Waals surface area contributed by atoms with Crippen LogP contribution in [-0.2, 0) is 14.4 Å². The van der Waals surface area contributed by atoms with Crippen LogP contribution in [0.25, 0.3) is 0 Å². The molecule has 8 heteroatoms. The van der Waals surface area contributed by atoms with Gasteiger partial charge in [0.2, 0.25) is 5.91 Å². The summed E-state index contributed by atoms with van der Waals surface area (Å²) in [7, 11) is 0. The number of hydrogen-bond acceptors (Lipinski definition) is 5. The number of ether oxygens (including phenoxy) is 1. The Morgan fingerprint density at radius 2 is 2.08 bits per heavy atom. The number of amides is 3. The Bertz CT molecular complexity index is 685. The molecule has 1 saturated heterocycles. The number of rotatable bonds is 6. The number of nitrogens with zero attached hydrogens (tertiary/aromatic N) is 1. The molecule has 0 spiro atoms. The quantitative estimate of drug-likeness (QED) is 0.729. The third-order valence-electron chi connectivity index (χ3n) is 3.46. The zero-order valence-corrected chi connectivity index (χ0v) is 13.3. The van der Waals surface area contributed by atoms with E-state index in [4.69, 9.17) is 9.84 Å². The van der Waals surface area contributed by atoms with E-state index in [0.29, 0.717) is 0 Å². The highest BCUT2D eigenvalue weighted by Gasteiger charge is 2.40. The molecule has 0 aliphatic carbocycles. The summed E-state index contributed by atoms with van der Waals surface area (Å²) in [4.78, 5) is 47.9. The summed E-state index contributed by atoms with van der Waals surface area (Å²) in [5.41, 5.74) is 0.209. The van der Waals surface area contributed by atoms with Gasteiger partial charge in [0.15, 0.2) is 6.61 Å². The minimum absolute atomic E-state index is 0.0715. The maximum atomic E-state index is 12.3. The van der Waals surface area contributed by atoms with Crippen LogP contribution in [0.3, 0.4) is 0 Å². The van der Waals surface area contributed by atoms with E-state index in [2.05, 4.69) is 5.32 Å². The number of aliphatic carboxylic acids is 1. The van der Waals surface area contributed by atoms with Gasteiger partial charge in [-0.3, -0.25) is 19.3 Å². The van der Waals surface area contributed by atoms with Crippen LogP contribution < -0.4 is 10.1 Å². The third-order valence-corrected chi connectivity index (χ3v) is 3.46. The van der Waals surface area contributed by atoms with Crippen LogP contribution in [0.4, 0.5) is 0 Å². The summed E-state index contributed by atoms with van der Waals surface area (Å²) in [6, 6.07) is 4.78. The molecule has 1 unspecified atom stereocenters. The van der Waals surface area contributed by atoms with Crippen LogP contribution in [-0.4, -0.2) is 52.4 Å². The number of benzene rings is 1. The van der Waals surface area contributed by atoms with E-state index < -0.39 is 30.4 Å². The third kappa shape index (κ3) is 3.89. The fourth-order valence-corrected chi connectivity index (χ4v) is 2.42. The molecule has 1 heterocycles. The lowest BCUT2D eigenvalue weighted by Crippen LogP contribution is -2.43. The number of imide groups is 1. The molecule has 0 radical (unpaired) electrons. The molecule has 0 bridgehead atoms. The van der Waals surface area contributed by atoms with Crippen LogP contribution >= 0.6 is 0 Å². The molecule has 0 aromatic heterocycles. The van der Waals surface area contributed by atoms with Crippen molar-refractivity contribution in [2.75, 3.05) is 6.61 Å². The molecule has 2 rings (SSSR count). The van der Waals surface area contributed by atoms with Crippen molar-refractivity contribution >= 4 is 23.7 Å². The van der Waals surface area contributed by atoms with E-state index in [9.17, 15) is 19.2 Å². The first kappa shape index (κ1) is 17.5. The number of carbonyl (C=O) groups excluding carboxylic acids is 3. The maximum absolute atomic E-state index is 12.3. The normalized spacial score (nSPS) is 17.3. The molecule has 0 saturated carbocycles. The predicted molar refractivity (Wildman–Crippen MR) is 82.4 cm³/mol. The molecule has 1 atom stereocenters. The van der Waals surface area contributed by atoms with Crippen molar-refractivity contribution in [3.05, 3.63) is 29.8 Å². The summed E-state index contributed by atoms with van der Waals surface area (Å²) < 4.78 is 5.01. The number of carboxylic acids is 1. The molecule has 1 aliphatic rings. The van der Waals surface area contributed by atoms with Crippen molar-refractivity contribution < 1.29 is 29.0 Å². The average Bonchev–Trinajstić information content (AvgIpc) is 2.79. The van der Waals surface area contributed by atoms with E-state index in [1.165, 1.54) is 24.3 Å². The molecule has 1 aromatic rings. The smallest absolute Gasteiger partial charge is 0.341 e. The summed E-state index contributed by atoms with van der Waals surface area (Å²) in [5, 5.41) is 11.1. The van der Waals surface area contributed by atoms with Crippen molar-refractivity contribution in [3.8, 4) is 5.75 Å². The zero-order chi connectivity index (χ0) is 17.9. The Labute approximate surface area is 138 Å². The van der Waals surface area contributed by atoms with Crippen LogP contribution in [0.2, 0.25) is 0 Å². The monoisotopic (exact) mass is 334 g/mol. The van der Waals surface area contributed by atoms with Crippen LogP contribution in [0.1, 0.15) is 30.6 Å². The fourth-order valence-electron chi connectivity index (χ4n) is 2.42. The van der Waals surface area contributed by atoms with Crippen LogP contribution in [0, 0.1) is 0 Å². The van der Waals surface area contributed by atoms with Crippen molar-refractivity contribution in [1.82, 2.24) is 10.2 Å².